The van der Waals surface area contributed by atoms with Gasteiger partial charge in [-0.3, -0.25) is 9.59 Å². The molecular weight excluding hydrogens is 889 g/mol. The van der Waals surface area contributed by atoms with Crippen LogP contribution < -0.4 is 9.47 Å². The van der Waals surface area contributed by atoms with Gasteiger partial charge in [-0.25, -0.2) is 0 Å². The molecule has 0 aromatic heterocycles. The van der Waals surface area contributed by atoms with Crippen molar-refractivity contribution < 1.29 is 44.2 Å². The van der Waals surface area contributed by atoms with Crippen LogP contribution in [0.3, 0.4) is 0 Å². The second-order valence-corrected chi connectivity index (χ2v) is 19.4. The summed E-state index contributed by atoms with van der Waals surface area (Å²) < 4.78 is 17.1. The first-order chi connectivity index (χ1) is 33.7. The number of benzene rings is 4. The zero-order chi connectivity index (χ0) is 52.6. The van der Waals surface area contributed by atoms with Crippen LogP contribution in [0.15, 0.2) is 72.8 Å². The molecule has 0 aliphatic carbocycles. The molecule has 4 N–H and O–H groups in total. The minimum atomic E-state index is -0.949. The highest BCUT2D eigenvalue weighted by Gasteiger charge is 2.33. The van der Waals surface area contributed by atoms with Crippen LogP contribution in [0.4, 0.5) is 0 Å². The van der Waals surface area contributed by atoms with Crippen LogP contribution in [0.2, 0.25) is 0 Å². The van der Waals surface area contributed by atoms with Crippen LogP contribution in [0, 0.1) is 51.4 Å². The van der Waals surface area contributed by atoms with Crippen molar-refractivity contribution in [3.63, 3.8) is 0 Å². The topological polar surface area (TPSA) is 143 Å². The average Bonchev–Trinajstić information content (AvgIpc) is 3.80. The third kappa shape index (κ3) is 14.8. The first-order valence-corrected chi connectivity index (χ1v) is 26.0. The molecule has 4 aromatic rings. The van der Waals surface area contributed by atoms with Crippen LogP contribution >= 0.6 is 0 Å². The summed E-state index contributed by atoms with van der Waals surface area (Å²) in [5.41, 5.74) is 8.97. The lowest BCUT2D eigenvalue weighted by Gasteiger charge is -2.34. The van der Waals surface area contributed by atoms with E-state index in [4.69, 9.17) is 19.3 Å². The Morgan fingerprint density at radius 1 is 0.620 bits per heavy atom. The maximum absolute atomic E-state index is 11.3. The number of carbonyl (C=O) groups is 2. The molecule has 5 rings (SSSR count). The van der Waals surface area contributed by atoms with Gasteiger partial charge in [-0.15, -0.1) is 0 Å². The Bertz CT molecular complexity index is 2530. The van der Waals surface area contributed by atoms with E-state index in [0.29, 0.717) is 44.5 Å². The lowest BCUT2D eigenvalue weighted by Crippen LogP contribution is -2.26. The molecule has 9 nitrogen and oxygen atoms in total. The monoisotopic (exact) mass is 971 g/mol. The van der Waals surface area contributed by atoms with Crippen molar-refractivity contribution in [2.24, 2.45) is 0 Å². The molecular formula is C62H82O9. The number of hydrogen-bond donors (Lipinski definition) is 4. The molecule has 384 valence electrons. The van der Waals surface area contributed by atoms with Crippen molar-refractivity contribution in [3.8, 4) is 35.2 Å². The van der Waals surface area contributed by atoms with E-state index >= 15 is 0 Å². The minimum Gasteiger partial charge on any atom is -0.491 e. The van der Waals surface area contributed by atoms with E-state index in [9.17, 15) is 24.9 Å². The van der Waals surface area contributed by atoms with Gasteiger partial charge in [0.25, 0.3) is 0 Å². The average molecular weight is 971 g/mol. The number of aliphatic hydroxyl groups is 3. The summed E-state index contributed by atoms with van der Waals surface area (Å²) in [7, 11) is 0. The van der Waals surface area contributed by atoms with Crippen LogP contribution in [0.25, 0.3) is 0 Å². The standard InChI is InChI=1S/C31H42O5.C31H40O4/c1-7-30(35,8-2)18-17-24-11-12-25(19-22(24)5)31(9-3,10-4)26-13-15-28(23(6)20-26)36-21-27(32)14-16-29(33)34;1-7-30(33,8-2)18-17-24-11-12-25(19-22(24)5)31(9-3,10-4)26-13-15-28(23(6)20-26)34-21-27-14-16-29(32)35-27/h11-13,15,19-20,27,32,35H,7-10,14,16,21H2,1-6H3,(H,33,34);11-13,15,19-20,27,33H,7-10,14,16,21H2,1-6H3/t2*27-/m00/s1. The fraction of sp³-hybridized carbons (Fsp3) is 0.516. The van der Waals surface area contributed by atoms with Crippen molar-refractivity contribution in [1.82, 2.24) is 0 Å². The largest absolute Gasteiger partial charge is 0.491 e. The molecule has 0 amide bonds. The number of rotatable bonds is 21. The van der Waals surface area contributed by atoms with Crippen molar-refractivity contribution in [3.05, 3.63) is 128 Å². The number of carboxylic acids is 1. The zero-order valence-electron chi connectivity index (χ0n) is 44.8. The predicted octanol–water partition coefficient (Wildman–Crippen LogP) is 12.3. The molecule has 1 fully saturated rings. The maximum Gasteiger partial charge on any atom is 0.306 e. The van der Waals surface area contributed by atoms with Crippen molar-refractivity contribution >= 4 is 11.9 Å². The molecule has 1 aliphatic heterocycles. The molecule has 0 saturated carbocycles. The van der Waals surface area contributed by atoms with Crippen LogP contribution in [-0.2, 0) is 25.2 Å². The SMILES string of the molecule is CCC(O)(C#Cc1ccc(C(CC)(CC)c2ccc(OC[C@@H](O)CCC(=O)O)c(C)c2)cc1C)CC.CCC(O)(C#Cc1ccc(C(CC)(CC)c2ccc(OC[C@@H]3CCC(=O)O3)c(C)c2)cc1C)CC. The van der Waals surface area contributed by atoms with Crippen LogP contribution in [0.1, 0.15) is 188 Å². The molecule has 1 aliphatic rings. The summed E-state index contributed by atoms with van der Waals surface area (Å²) in [6.45, 7) is 25.4. The maximum atomic E-state index is 11.3. The smallest absolute Gasteiger partial charge is 0.306 e. The predicted molar refractivity (Wildman–Crippen MR) is 285 cm³/mol. The Balaban J connectivity index is 0.000000309. The molecule has 0 spiro atoms. The van der Waals surface area contributed by atoms with Crippen LogP contribution in [-0.4, -0.2) is 69.0 Å². The van der Waals surface area contributed by atoms with Gasteiger partial charge < -0.3 is 34.6 Å². The number of ether oxygens (including phenoxy) is 3. The first kappa shape index (κ1) is 58.0. The summed E-state index contributed by atoms with van der Waals surface area (Å²) >= 11 is 0. The zero-order valence-corrected chi connectivity index (χ0v) is 44.8. The molecule has 0 radical (unpaired) electrons. The van der Waals surface area contributed by atoms with Crippen molar-refractivity contribution in [1.29, 1.82) is 0 Å². The second kappa shape index (κ2) is 26.2. The highest BCUT2D eigenvalue weighted by molar-refractivity contribution is 5.71. The van der Waals surface area contributed by atoms with Gasteiger partial charge in [-0.05, 0) is 161 Å². The second-order valence-electron chi connectivity index (χ2n) is 19.4. The number of carbonyl (C=O) groups excluding carboxylic acids is 1. The minimum absolute atomic E-state index is 0.0625. The normalized spacial score (nSPS) is 14.2. The number of hydrogen-bond acceptors (Lipinski definition) is 8. The molecule has 0 unspecified atom stereocenters. The van der Waals surface area contributed by atoms with Gasteiger partial charge in [-0.2, -0.15) is 0 Å². The fourth-order valence-corrected chi connectivity index (χ4v) is 9.55. The summed E-state index contributed by atoms with van der Waals surface area (Å²) in [6.07, 6.45) is 6.53. The van der Waals surface area contributed by atoms with Gasteiger partial charge in [-0.1, -0.05) is 128 Å². The van der Waals surface area contributed by atoms with E-state index in [1.54, 1.807) is 0 Å². The van der Waals surface area contributed by atoms with E-state index in [-0.39, 0.29) is 42.4 Å². The van der Waals surface area contributed by atoms with Crippen molar-refractivity contribution in [2.75, 3.05) is 13.2 Å². The number of cyclic esters (lactones) is 1. The number of aliphatic carboxylic acids is 1. The highest BCUT2D eigenvalue weighted by atomic mass is 16.6. The third-order valence-electron chi connectivity index (χ3n) is 15.1. The van der Waals surface area contributed by atoms with Gasteiger partial charge >= 0.3 is 11.9 Å². The molecule has 0 bridgehead atoms. The molecule has 1 heterocycles. The highest BCUT2D eigenvalue weighted by Crippen LogP contribution is 2.42. The molecule has 2 atom stereocenters. The lowest BCUT2D eigenvalue weighted by atomic mass is 9.70. The van der Waals surface area contributed by atoms with Gasteiger partial charge in [0.05, 0.1) is 6.10 Å². The Morgan fingerprint density at radius 2 is 1.01 bits per heavy atom. The Kier molecular flexibility index (Phi) is 21.4. The summed E-state index contributed by atoms with van der Waals surface area (Å²) in [6, 6.07) is 25.6. The van der Waals surface area contributed by atoms with Gasteiger partial charge in [0.2, 0.25) is 0 Å². The van der Waals surface area contributed by atoms with E-state index in [0.717, 1.165) is 71.2 Å². The van der Waals surface area contributed by atoms with Crippen LogP contribution in [0.5, 0.6) is 11.5 Å². The molecule has 71 heavy (non-hydrogen) atoms. The van der Waals surface area contributed by atoms with E-state index in [1.165, 1.54) is 22.3 Å². The Morgan fingerprint density at radius 3 is 1.35 bits per heavy atom. The lowest BCUT2D eigenvalue weighted by molar-refractivity contribution is -0.142. The Labute approximate surface area is 425 Å². The van der Waals surface area contributed by atoms with Crippen molar-refractivity contribution in [2.45, 2.75) is 194 Å². The van der Waals surface area contributed by atoms with E-state index in [1.807, 2.05) is 46.8 Å². The third-order valence-corrected chi connectivity index (χ3v) is 15.1. The fourth-order valence-electron chi connectivity index (χ4n) is 9.55. The molecule has 1 saturated heterocycles. The van der Waals surface area contributed by atoms with Gasteiger partial charge in [0.15, 0.2) is 0 Å². The summed E-state index contributed by atoms with van der Waals surface area (Å²) in [4.78, 5) is 22.1. The summed E-state index contributed by atoms with van der Waals surface area (Å²) in [5.74, 6) is 13.0. The number of carboxylic acid groups (broad SMARTS) is 1. The van der Waals surface area contributed by atoms with Gasteiger partial charge in [0.1, 0.15) is 42.0 Å². The molecule has 9 heteroatoms. The Hall–Kier alpha value is -5.58. The quantitative estimate of drug-likeness (QED) is 0.0474. The van der Waals surface area contributed by atoms with Gasteiger partial charge in [0, 0.05) is 34.8 Å². The number of esters is 1. The first-order valence-electron chi connectivity index (χ1n) is 26.0. The summed E-state index contributed by atoms with van der Waals surface area (Å²) in [5, 5.41) is 39.9. The van der Waals surface area contributed by atoms with E-state index < -0.39 is 23.3 Å². The number of aliphatic hydroxyl groups excluding tert-OH is 1. The number of aryl methyl sites for hydroxylation is 4. The molecule has 4 aromatic carbocycles. The van der Waals surface area contributed by atoms with E-state index in [2.05, 4.69) is 133 Å².